The fourth-order valence-corrected chi connectivity index (χ4v) is 3.48. The molecule has 1 saturated carbocycles. The average molecular weight is 376 g/mol. The van der Waals surface area contributed by atoms with Gasteiger partial charge in [0.05, 0.1) is 5.69 Å². The van der Waals surface area contributed by atoms with Crippen molar-refractivity contribution >= 4 is 31.8 Å². The topological polar surface area (TPSA) is 61.4 Å². The average Bonchev–Trinajstić information content (AvgIpc) is 3.22. The number of anilines is 1. The normalized spacial score (nSPS) is 15.4. The Morgan fingerprint density at radius 1 is 1.38 bits per heavy atom. The van der Waals surface area contributed by atoms with Gasteiger partial charge < -0.3 is 5.32 Å². The van der Waals surface area contributed by atoms with Crippen LogP contribution >= 0.6 is 15.9 Å². The third-order valence-electron chi connectivity index (χ3n) is 3.50. The van der Waals surface area contributed by atoms with Crippen LogP contribution in [-0.2, 0) is 10.2 Å². The quantitative estimate of drug-likeness (QED) is 0.686. The lowest BCUT2D eigenvalue weighted by atomic mass is 10.2. The molecular formula is C14H22BrN3O2S. The molecule has 1 aromatic carbocycles. The molecule has 0 spiro atoms. The predicted molar refractivity (Wildman–Crippen MR) is 89.7 cm³/mol. The molecule has 0 heterocycles. The van der Waals surface area contributed by atoms with Gasteiger partial charge in [0.2, 0.25) is 0 Å². The van der Waals surface area contributed by atoms with Gasteiger partial charge in [-0.15, -0.1) is 0 Å². The number of nitrogens with zero attached hydrogens (tertiary/aromatic N) is 1. The molecule has 1 aromatic rings. The van der Waals surface area contributed by atoms with Crippen molar-refractivity contribution in [3.63, 3.8) is 0 Å². The maximum Gasteiger partial charge on any atom is 0.301 e. The third kappa shape index (κ3) is 5.25. The van der Waals surface area contributed by atoms with Crippen LogP contribution in [0.3, 0.4) is 0 Å². The van der Waals surface area contributed by atoms with E-state index in [4.69, 9.17) is 0 Å². The highest BCUT2D eigenvalue weighted by atomic mass is 79.9. The smallest absolute Gasteiger partial charge is 0.301 e. The molecule has 0 aliphatic heterocycles. The number of hydrogen-bond donors (Lipinski definition) is 2. The van der Waals surface area contributed by atoms with Crippen molar-refractivity contribution in [3.8, 4) is 0 Å². The molecule has 0 amide bonds. The second-order valence-electron chi connectivity index (χ2n) is 5.47. The Morgan fingerprint density at radius 2 is 2.10 bits per heavy atom. The molecule has 21 heavy (non-hydrogen) atoms. The van der Waals surface area contributed by atoms with E-state index in [0.29, 0.717) is 18.3 Å². The fourth-order valence-electron chi connectivity index (χ4n) is 1.97. The van der Waals surface area contributed by atoms with Crippen LogP contribution in [-0.4, -0.2) is 38.9 Å². The molecule has 0 aromatic heterocycles. The zero-order chi connectivity index (χ0) is 15.5. The van der Waals surface area contributed by atoms with E-state index < -0.39 is 10.2 Å². The second-order valence-corrected chi connectivity index (χ2v) is 8.16. The maximum absolute atomic E-state index is 12.3. The zero-order valence-corrected chi connectivity index (χ0v) is 14.8. The largest absolute Gasteiger partial charge is 0.314 e. The van der Waals surface area contributed by atoms with Crippen molar-refractivity contribution in [1.29, 1.82) is 0 Å². The highest BCUT2D eigenvalue weighted by molar-refractivity contribution is 9.10. The summed E-state index contributed by atoms with van der Waals surface area (Å²) in [6.07, 6.45) is 3.31. The molecule has 2 N–H and O–H groups in total. The van der Waals surface area contributed by atoms with E-state index in [2.05, 4.69) is 26.0 Å². The Kier molecular flexibility index (Phi) is 5.65. The van der Waals surface area contributed by atoms with E-state index in [1.54, 1.807) is 13.1 Å². The summed E-state index contributed by atoms with van der Waals surface area (Å²) in [6.45, 7) is 3.24. The number of rotatable bonds is 8. The summed E-state index contributed by atoms with van der Waals surface area (Å²) in [5.74, 6) is 0. The van der Waals surface area contributed by atoms with Gasteiger partial charge in [-0.2, -0.15) is 12.7 Å². The molecule has 2 rings (SSSR count). The Bertz CT molecular complexity index is 588. The van der Waals surface area contributed by atoms with Crippen LogP contribution in [0.2, 0.25) is 0 Å². The van der Waals surface area contributed by atoms with Crippen molar-refractivity contribution in [2.45, 2.75) is 32.2 Å². The molecule has 1 aliphatic rings. The lowest BCUT2D eigenvalue weighted by molar-refractivity contribution is 0.458. The minimum atomic E-state index is -3.49. The van der Waals surface area contributed by atoms with Gasteiger partial charge in [-0.3, -0.25) is 4.72 Å². The lowest BCUT2D eigenvalue weighted by Gasteiger charge is -2.19. The van der Waals surface area contributed by atoms with Crippen molar-refractivity contribution < 1.29 is 8.42 Å². The van der Waals surface area contributed by atoms with E-state index in [9.17, 15) is 8.42 Å². The maximum atomic E-state index is 12.3. The van der Waals surface area contributed by atoms with Gasteiger partial charge in [0.1, 0.15) is 0 Å². The van der Waals surface area contributed by atoms with Crippen molar-refractivity contribution in [2.24, 2.45) is 0 Å². The summed E-state index contributed by atoms with van der Waals surface area (Å²) in [5, 5.41) is 3.38. The van der Waals surface area contributed by atoms with Gasteiger partial charge in [0.15, 0.2) is 0 Å². The minimum Gasteiger partial charge on any atom is -0.314 e. The van der Waals surface area contributed by atoms with E-state index in [1.165, 1.54) is 17.1 Å². The first-order chi connectivity index (χ1) is 9.88. The molecule has 1 fully saturated rings. The summed E-state index contributed by atoms with van der Waals surface area (Å²) in [6, 6.07) is 6.14. The van der Waals surface area contributed by atoms with Crippen LogP contribution < -0.4 is 10.0 Å². The summed E-state index contributed by atoms with van der Waals surface area (Å²) < 4.78 is 29.4. The first-order valence-electron chi connectivity index (χ1n) is 7.12. The molecule has 0 unspecified atom stereocenters. The van der Waals surface area contributed by atoms with Gasteiger partial charge in [-0.25, -0.2) is 0 Å². The second kappa shape index (κ2) is 7.09. The van der Waals surface area contributed by atoms with E-state index in [1.807, 2.05) is 19.1 Å². The molecule has 7 heteroatoms. The van der Waals surface area contributed by atoms with Crippen LogP contribution in [0.1, 0.15) is 24.8 Å². The minimum absolute atomic E-state index is 0.505. The molecular weight excluding hydrogens is 354 g/mol. The Labute approximate surface area is 135 Å². The molecule has 0 atom stereocenters. The standard InChI is InChI=1S/C14H22BrN3O2S/c1-11-10-12(15)4-7-14(11)17-21(19,20)18(2)9-3-8-16-13-5-6-13/h4,7,10,13,16-17H,3,5-6,8-9H2,1-2H3. The summed E-state index contributed by atoms with van der Waals surface area (Å²) in [5.41, 5.74) is 1.50. The molecule has 1 aliphatic carbocycles. The highest BCUT2D eigenvalue weighted by Crippen LogP contribution is 2.21. The highest BCUT2D eigenvalue weighted by Gasteiger charge is 2.21. The van der Waals surface area contributed by atoms with E-state index in [0.717, 1.165) is 23.0 Å². The van der Waals surface area contributed by atoms with Gasteiger partial charge in [0, 0.05) is 24.1 Å². The Morgan fingerprint density at radius 3 is 2.71 bits per heavy atom. The van der Waals surface area contributed by atoms with Crippen LogP contribution in [0.25, 0.3) is 0 Å². The third-order valence-corrected chi connectivity index (χ3v) is 5.47. The molecule has 0 saturated heterocycles. The van der Waals surface area contributed by atoms with Crippen LogP contribution in [0.15, 0.2) is 22.7 Å². The van der Waals surface area contributed by atoms with Gasteiger partial charge in [0.25, 0.3) is 0 Å². The fraction of sp³-hybridized carbons (Fsp3) is 0.571. The van der Waals surface area contributed by atoms with Crippen LogP contribution in [0.4, 0.5) is 5.69 Å². The molecule has 5 nitrogen and oxygen atoms in total. The number of halogens is 1. The van der Waals surface area contributed by atoms with Crippen molar-refractivity contribution in [3.05, 3.63) is 28.2 Å². The number of aryl methyl sites for hydroxylation is 1. The van der Waals surface area contributed by atoms with Gasteiger partial charge >= 0.3 is 10.2 Å². The van der Waals surface area contributed by atoms with Crippen LogP contribution in [0, 0.1) is 6.92 Å². The SMILES string of the molecule is Cc1cc(Br)ccc1NS(=O)(=O)N(C)CCCNC1CC1. The summed E-state index contributed by atoms with van der Waals surface area (Å²) in [7, 11) is -1.89. The Hall–Kier alpha value is -0.630. The summed E-state index contributed by atoms with van der Waals surface area (Å²) >= 11 is 3.37. The molecule has 0 bridgehead atoms. The van der Waals surface area contributed by atoms with Gasteiger partial charge in [-0.05, 0) is 56.5 Å². The molecule has 0 radical (unpaired) electrons. The zero-order valence-electron chi connectivity index (χ0n) is 12.4. The Balaban J connectivity index is 1.86. The monoisotopic (exact) mass is 375 g/mol. The first kappa shape index (κ1) is 16.7. The molecule has 118 valence electrons. The summed E-state index contributed by atoms with van der Waals surface area (Å²) in [4.78, 5) is 0. The van der Waals surface area contributed by atoms with Crippen LogP contribution in [0.5, 0.6) is 0 Å². The van der Waals surface area contributed by atoms with Crippen molar-refractivity contribution in [1.82, 2.24) is 9.62 Å². The predicted octanol–water partition coefficient (Wildman–Crippen LogP) is 2.49. The number of hydrogen-bond acceptors (Lipinski definition) is 3. The van der Waals surface area contributed by atoms with E-state index >= 15 is 0 Å². The number of benzene rings is 1. The number of nitrogens with one attached hydrogen (secondary N) is 2. The lowest BCUT2D eigenvalue weighted by Crippen LogP contribution is -2.34. The van der Waals surface area contributed by atoms with Gasteiger partial charge in [-0.1, -0.05) is 15.9 Å². The van der Waals surface area contributed by atoms with Crippen molar-refractivity contribution in [2.75, 3.05) is 24.9 Å². The van der Waals surface area contributed by atoms with E-state index in [-0.39, 0.29) is 0 Å². The first-order valence-corrected chi connectivity index (χ1v) is 9.35.